The molecule has 0 heterocycles. The lowest BCUT2D eigenvalue weighted by Gasteiger charge is -2.14. The average Bonchev–Trinajstić information content (AvgIpc) is 2.55. The SMILES string of the molecule is C[C@H](Oc1cccc([N+](=O)[O-])c1)C(=O)Nc1ccc(C(N)=O)cc1. The van der Waals surface area contributed by atoms with E-state index in [9.17, 15) is 19.7 Å². The molecule has 2 aromatic carbocycles. The van der Waals surface area contributed by atoms with Crippen molar-refractivity contribution in [3.8, 4) is 5.75 Å². The maximum atomic E-state index is 12.1. The zero-order chi connectivity index (χ0) is 17.7. The van der Waals surface area contributed by atoms with Gasteiger partial charge in [0.05, 0.1) is 11.0 Å². The Morgan fingerprint density at radius 3 is 2.46 bits per heavy atom. The van der Waals surface area contributed by atoms with Crippen molar-refractivity contribution in [2.75, 3.05) is 5.32 Å². The number of nitrogens with two attached hydrogens (primary N) is 1. The van der Waals surface area contributed by atoms with Gasteiger partial charge in [0.1, 0.15) is 5.75 Å². The number of anilines is 1. The zero-order valence-electron chi connectivity index (χ0n) is 12.8. The molecule has 0 radical (unpaired) electrons. The van der Waals surface area contributed by atoms with Gasteiger partial charge in [0.25, 0.3) is 11.6 Å². The molecular weight excluding hydrogens is 314 g/mol. The molecule has 0 aliphatic carbocycles. The van der Waals surface area contributed by atoms with Gasteiger partial charge in [-0.3, -0.25) is 19.7 Å². The van der Waals surface area contributed by atoms with E-state index in [1.807, 2.05) is 0 Å². The van der Waals surface area contributed by atoms with Crippen LogP contribution in [0.5, 0.6) is 5.75 Å². The standard InChI is InChI=1S/C16H15N3O5/c1-10(24-14-4-2-3-13(9-14)19(22)23)16(21)18-12-7-5-11(6-8-12)15(17)20/h2-10H,1H3,(H2,17,20)(H,18,21)/t10-/m0/s1. The Kier molecular flexibility index (Phi) is 5.10. The van der Waals surface area contributed by atoms with Gasteiger partial charge in [0.15, 0.2) is 6.10 Å². The predicted octanol–water partition coefficient (Wildman–Crippen LogP) is 2.10. The number of nitro benzene ring substituents is 1. The Morgan fingerprint density at radius 2 is 1.88 bits per heavy atom. The van der Waals surface area contributed by atoms with Gasteiger partial charge < -0.3 is 15.8 Å². The summed E-state index contributed by atoms with van der Waals surface area (Å²) in [7, 11) is 0. The van der Waals surface area contributed by atoms with Crippen LogP contribution in [0.4, 0.5) is 11.4 Å². The molecule has 8 nitrogen and oxygen atoms in total. The van der Waals surface area contributed by atoms with Crippen LogP contribution in [0.1, 0.15) is 17.3 Å². The first-order chi connectivity index (χ1) is 11.4. The molecule has 0 aliphatic rings. The topological polar surface area (TPSA) is 125 Å². The summed E-state index contributed by atoms with van der Waals surface area (Å²) >= 11 is 0. The highest BCUT2D eigenvalue weighted by atomic mass is 16.6. The number of rotatable bonds is 6. The fourth-order valence-electron chi connectivity index (χ4n) is 1.89. The first-order valence-corrected chi connectivity index (χ1v) is 6.98. The second-order valence-corrected chi connectivity index (χ2v) is 4.95. The highest BCUT2D eigenvalue weighted by molar-refractivity contribution is 5.96. The zero-order valence-corrected chi connectivity index (χ0v) is 12.8. The van der Waals surface area contributed by atoms with Crippen LogP contribution in [0.2, 0.25) is 0 Å². The van der Waals surface area contributed by atoms with Crippen molar-refractivity contribution < 1.29 is 19.2 Å². The normalized spacial score (nSPS) is 11.4. The van der Waals surface area contributed by atoms with Crippen LogP contribution in [0.3, 0.4) is 0 Å². The van der Waals surface area contributed by atoms with Gasteiger partial charge in [-0.2, -0.15) is 0 Å². The third-order valence-corrected chi connectivity index (χ3v) is 3.15. The number of benzene rings is 2. The van der Waals surface area contributed by atoms with E-state index >= 15 is 0 Å². The van der Waals surface area contributed by atoms with Crippen LogP contribution in [-0.4, -0.2) is 22.8 Å². The summed E-state index contributed by atoms with van der Waals surface area (Å²) < 4.78 is 5.41. The minimum atomic E-state index is -0.872. The Morgan fingerprint density at radius 1 is 1.21 bits per heavy atom. The highest BCUT2D eigenvalue weighted by Crippen LogP contribution is 2.20. The van der Waals surface area contributed by atoms with Gasteiger partial charge in [-0.1, -0.05) is 6.07 Å². The monoisotopic (exact) mass is 329 g/mol. The molecule has 1 atom stereocenters. The second kappa shape index (κ2) is 7.23. The Hall–Kier alpha value is -3.42. The fraction of sp³-hybridized carbons (Fsp3) is 0.125. The van der Waals surface area contributed by atoms with Crippen LogP contribution < -0.4 is 15.8 Å². The number of primary amides is 1. The molecule has 0 bridgehead atoms. The summed E-state index contributed by atoms with van der Waals surface area (Å²) in [6.07, 6.45) is -0.872. The van der Waals surface area contributed by atoms with Gasteiger partial charge in [0, 0.05) is 17.3 Å². The molecule has 3 N–H and O–H groups in total. The van der Waals surface area contributed by atoms with E-state index in [1.54, 1.807) is 0 Å². The van der Waals surface area contributed by atoms with Crippen molar-refractivity contribution in [2.45, 2.75) is 13.0 Å². The van der Waals surface area contributed by atoms with Crippen molar-refractivity contribution in [1.82, 2.24) is 0 Å². The summed E-state index contributed by atoms with van der Waals surface area (Å²) in [5.41, 5.74) is 5.81. The number of nitrogens with one attached hydrogen (secondary N) is 1. The number of hydrogen-bond donors (Lipinski definition) is 2. The second-order valence-electron chi connectivity index (χ2n) is 4.95. The lowest BCUT2D eigenvalue weighted by Crippen LogP contribution is -2.30. The van der Waals surface area contributed by atoms with Crippen molar-refractivity contribution in [3.63, 3.8) is 0 Å². The van der Waals surface area contributed by atoms with E-state index in [1.165, 1.54) is 55.5 Å². The summed E-state index contributed by atoms with van der Waals surface area (Å²) in [6.45, 7) is 1.52. The minimum absolute atomic E-state index is 0.123. The molecule has 8 heteroatoms. The first kappa shape index (κ1) is 16.9. The van der Waals surface area contributed by atoms with Crippen molar-refractivity contribution in [2.24, 2.45) is 5.73 Å². The first-order valence-electron chi connectivity index (χ1n) is 6.98. The Labute approximate surface area is 137 Å². The molecule has 24 heavy (non-hydrogen) atoms. The number of non-ortho nitro benzene ring substituents is 1. The van der Waals surface area contributed by atoms with E-state index in [0.717, 1.165) is 0 Å². The number of ether oxygens (including phenoxy) is 1. The Balaban J connectivity index is 2.00. The van der Waals surface area contributed by atoms with Gasteiger partial charge in [-0.25, -0.2) is 0 Å². The fourth-order valence-corrected chi connectivity index (χ4v) is 1.89. The number of hydrogen-bond acceptors (Lipinski definition) is 5. The molecule has 124 valence electrons. The molecule has 0 fully saturated rings. The Bertz CT molecular complexity index is 774. The summed E-state index contributed by atoms with van der Waals surface area (Å²) in [6, 6.07) is 11.6. The van der Waals surface area contributed by atoms with Gasteiger partial charge in [0.2, 0.25) is 5.91 Å². The van der Waals surface area contributed by atoms with E-state index in [2.05, 4.69) is 5.32 Å². The smallest absolute Gasteiger partial charge is 0.273 e. The molecule has 2 amide bonds. The lowest BCUT2D eigenvalue weighted by molar-refractivity contribution is -0.384. The largest absolute Gasteiger partial charge is 0.481 e. The molecule has 2 aromatic rings. The third kappa shape index (κ3) is 4.29. The molecule has 0 aliphatic heterocycles. The minimum Gasteiger partial charge on any atom is -0.481 e. The molecular formula is C16H15N3O5. The van der Waals surface area contributed by atoms with Crippen molar-refractivity contribution in [1.29, 1.82) is 0 Å². The van der Waals surface area contributed by atoms with E-state index < -0.39 is 22.8 Å². The van der Waals surface area contributed by atoms with Crippen LogP contribution in [0.25, 0.3) is 0 Å². The van der Waals surface area contributed by atoms with Crippen LogP contribution >= 0.6 is 0 Å². The molecule has 2 rings (SSSR count). The van der Waals surface area contributed by atoms with Gasteiger partial charge in [-0.05, 0) is 37.3 Å². The maximum absolute atomic E-state index is 12.1. The third-order valence-electron chi connectivity index (χ3n) is 3.15. The van der Waals surface area contributed by atoms with Crippen molar-refractivity contribution in [3.05, 3.63) is 64.2 Å². The van der Waals surface area contributed by atoms with E-state index in [0.29, 0.717) is 11.3 Å². The van der Waals surface area contributed by atoms with Crippen molar-refractivity contribution >= 4 is 23.2 Å². The number of carbonyl (C=O) groups is 2. The maximum Gasteiger partial charge on any atom is 0.273 e. The number of nitro groups is 1. The van der Waals surface area contributed by atoms with Crippen LogP contribution in [-0.2, 0) is 4.79 Å². The number of carbonyl (C=O) groups excluding carboxylic acids is 2. The van der Waals surface area contributed by atoms with E-state index in [4.69, 9.17) is 10.5 Å². The van der Waals surface area contributed by atoms with Gasteiger partial charge in [-0.15, -0.1) is 0 Å². The van der Waals surface area contributed by atoms with Crippen LogP contribution in [0.15, 0.2) is 48.5 Å². The molecule has 0 saturated heterocycles. The summed E-state index contributed by atoms with van der Waals surface area (Å²) in [4.78, 5) is 33.3. The quantitative estimate of drug-likeness (QED) is 0.620. The molecule has 0 aromatic heterocycles. The predicted molar refractivity (Wildman–Crippen MR) is 86.8 cm³/mol. The number of amides is 2. The highest BCUT2D eigenvalue weighted by Gasteiger charge is 2.16. The molecule has 0 saturated carbocycles. The summed E-state index contributed by atoms with van der Waals surface area (Å²) in [5.74, 6) is -0.778. The summed E-state index contributed by atoms with van der Waals surface area (Å²) in [5, 5.41) is 13.3. The van der Waals surface area contributed by atoms with E-state index in [-0.39, 0.29) is 11.4 Å². The molecule has 0 unspecified atom stereocenters. The average molecular weight is 329 g/mol. The molecule has 0 spiro atoms. The van der Waals surface area contributed by atoms with Crippen LogP contribution in [0, 0.1) is 10.1 Å². The lowest BCUT2D eigenvalue weighted by atomic mass is 10.2. The number of nitrogens with zero attached hydrogens (tertiary/aromatic N) is 1. The van der Waals surface area contributed by atoms with Gasteiger partial charge >= 0.3 is 0 Å².